The van der Waals surface area contributed by atoms with Crippen LogP contribution in [0.15, 0.2) is 162 Å². The number of benzene rings is 6. The van der Waals surface area contributed by atoms with Crippen LogP contribution >= 0.6 is 15.9 Å². The van der Waals surface area contributed by atoms with Gasteiger partial charge in [0.15, 0.2) is 0 Å². The van der Waals surface area contributed by atoms with Crippen LogP contribution in [0.1, 0.15) is 0 Å². The molecular formula is C39H26BrN3. The van der Waals surface area contributed by atoms with E-state index >= 15 is 0 Å². The monoisotopic (exact) mass is 615 g/mol. The Morgan fingerprint density at radius 3 is 1.86 bits per heavy atom. The van der Waals surface area contributed by atoms with Crippen molar-refractivity contribution in [1.82, 2.24) is 9.55 Å². The summed E-state index contributed by atoms with van der Waals surface area (Å²) in [6.45, 7) is 0. The number of hydrogen-bond donors (Lipinski definition) is 0. The molecule has 204 valence electrons. The van der Waals surface area contributed by atoms with E-state index in [1.165, 1.54) is 32.9 Å². The number of pyridine rings is 1. The van der Waals surface area contributed by atoms with Crippen LogP contribution in [0, 0.1) is 0 Å². The Labute approximate surface area is 258 Å². The highest BCUT2D eigenvalue weighted by Crippen LogP contribution is 2.42. The second kappa shape index (κ2) is 10.6. The Kier molecular flexibility index (Phi) is 6.27. The molecule has 0 atom stereocenters. The lowest BCUT2D eigenvalue weighted by Crippen LogP contribution is -2.13. The molecule has 0 aliphatic carbocycles. The van der Waals surface area contributed by atoms with Gasteiger partial charge in [-0.05, 0) is 83.2 Å². The minimum atomic E-state index is 1.08. The molecule has 0 unspecified atom stereocenters. The lowest BCUT2D eigenvalue weighted by atomic mass is 10.0. The maximum Gasteiger partial charge on any atom is 0.0702 e. The maximum absolute atomic E-state index is 4.33. The smallest absolute Gasteiger partial charge is 0.0702 e. The van der Waals surface area contributed by atoms with Crippen LogP contribution in [0.2, 0.25) is 0 Å². The van der Waals surface area contributed by atoms with Gasteiger partial charge < -0.3 is 9.47 Å². The first-order valence-electron chi connectivity index (χ1n) is 14.3. The summed E-state index contributed by atoms with van der Waals surface area (Å²) in [5.74, 6) is 0. The molecule has 0 radical (unpaired) electrons. The Hall–Kier alpha value is -5.19. The topological polar surface area (TPSA) is 21.1 Å². The summed E-state index contributed by atoms with van der Waals surface area (Å²) in [7, 11) is 0. The van der Waals surface area contributed by atoms with Crippen molar-refractivity contribution < 1.29 is 0 Å². The van der Waals surface area contributed by atoms with Crippen molar-refractivity contribution >= 4 is 65.6 Å². The number of nitrogens with zero attached hydrogens (tertiary/aromatic N) is 3. The van der Waals surface area contributed by atoms with E-state index in [2.05, 4.69) is 176 Å². The number of halogens is 1. The highest BCUT2D eigenvalue weighted by Gasteiger charge is 2.20. The molecule has 0 saturated carbocycles. The van der Waals surface area contributed by atoms with Crippen LogP contribution in [0.5, 0.6) is 0 Å². The molecule has 2 aromatic heterocycles. The van der Waals surface area contributed by atoms with Gasteiger partial charge >= 0.3 is 0 Å². The number of rotatable bonds is 5. The summed E-state index contributed by atoms with van der Waals surface area (Å²) in [5.41, 5.74) is 9.12. The summed E-state index contributed by atoms with van der Waals surface area (Å²) in [5, 5.41) is 4.76. The Balaban J connectivity index is 1.36. The molecular weight excluding hydrogens is 590 g/mol. The van der Waals surface area contributed by atoms with Crippen LogP contribution in [-0.2, 0) is 0 Å². The van der Waals surface area contributed by atoms with Crippen molar-refractivity contribution in [2.45, 2.75) is 0 Å². The van der Waals surface area contributed by atoms with Crippen LogP contribution in [0.3, 0.4) is 0 Å². The van der Waals surface area contributed by atoms with E-state index in [0.717, 1.165) is 38.0 Å². The summed E-state index contributed by atoms with van der Waals surface area (Å²) >= 11 is 3.56. The predicted molar refractivity (Wildman–Crippen MR) is 184 cm³/mol. The minimum Gasteiger partial charge on any atom is -0.308 e. The van der Waals surface area contributed by atoms with Gasteiger partial charge in [0, 0.05) is 44.4 Å². The zero-order valence-electron chi connectivity index (χ0n) is 23.2. The van der Waals surface area contributed by atoms with E-state index in [4.69, 9.17) is 0 Å². The van der Waals surface area contributed by atoms with Gasteiger partial charge in [0.25, 0.3) is 0 Å². The van der Waals surface area contributed by atoms with Crippen LogP contribution in [0.4, 0.5) is 17.1 Å². The Bertz CT molecular complexity index is 2200. The second-order valence-corrected chi connectivity index (χ2v) is 11.6. The molecule has 0 saturated heterocycles. The fourth-order valence-corrected chi connectivity index (χ4v) is 6.37. The zero-order valence-corrected chi connectivity index (χ0v) is 24.8. The third-order valence-electron chi connectivity index (χ3n) is 8.13. The van der Waals surface area contributed by atoms with Gasteiger partial charge in [-0.25, -0.2) is 0 Å². The second-order valence-electron chi connectivity index (χ2n) is 10.7. The third-order valence-corrected chi connectivity index (χ3v) is 8.66. The molecule has 0 spiro atoms. The largest absolute Gasteiger partial charge is 0.308 e. The standard InChI is InChI=1S/C39H26BrN3/c40-31-18-13-27(14-19-31)28-15-20-32(21-16-28)42(33-22-17-30-26-41-24-23-29(30)25-33)38-11-5-6-12-39(38)43-36-9-3-1-7-34(36)35-8-2-4-10-37(35)43/h1-26H. The van der Waals surface area contributed by atoms with Crippen LogP contribution in [-0.4, -0.2) is 9.55 Å². The third kappa shape index (κ3) is 4.48. The van der Waals surface area contributed by atoms with Gasteiger partial charge in [-0.15, -0.1) is 0 Å². The first kappa shape index (κ1) is 25.5. The van der Waals surface area contributed by atoms with Gasteiger partial charge in [0.2, 0.25) is 0 Å². The van der Waals surface area contributed by atoms with Crippen molar-refractivity contribution in [2.24, 2.45) is 0 Å². The van der Waals surface area contributed by atoms with Crippen LogP contribution < -0.4 is 4.90 Å². The molecule has 0 fully saturated rings. The number of hydrogen-bond acceptors (Lipinski definition) is 2. The first-order chi connectivity index (χ1) is 21.2. The van der Waals surface area contributed by atoms with E-state index < -0.39 is 0 Å². The fraction of sp³-hybridized carbons (Fsp3) is 0. The maximum atomic E-state index is 4.33. The molecule has 4 heteroatoms. The van der Waals surface area contributed by atoms with Gasteiger partial charge in [0.1, 0.15) is 0 Å². The number of anilines is 3. The Morgan fingerprint density at radius 2 is 1.14 bits per heavy atom. The van der Waals surface area contributed by atoms with Gasteiger partial charge in [-0.2, -0.15) is 0 Å². The average molecular weight is 617 g/mol. The van der Waals surface area contributed by atoms with Gasteiger partial charge in [-0.1, -0.05) is 94.8 Å². The normalized spacial score (nSPS) is 11.4. The number of aromatic nitrogens is 2. The lowest BCUT2D eigenvalue weighted by molar-refractivity contribution is 1.15. The predicted octanol–water partition coefficient (Wildman–Crippen LogP) is 11.2. The van der Waals surface area contributed by atoms with Crippen molar-refractivity contribution in [1.29, 1.82) is 0 Å². The highest BCUT2D eigenvalue weighted by molar-refractivity contribution is 9.10. The summed E-state index contributed by atoms with van der Waals surface area (Å²) in [6.07, 6.45) is 3.78. The summed E-state index contributed by atoms with van der Waals surface area (Å²) in [6, 6.07) is 52.0. The van der Waals surface area contributed by atoms with E-state index in [1.54, 1.807) is 0 Å². The highest BCUT2D eigenvalue weighted by atomic mass is 79.9. The van der Waals surface area contributed by atoms with Crippen molar-refractivity contribution in [3.8, 4) is 16.8 Å². The van der Waals surface area contributed by atoms with Crippen molar-refractivity contribution in [3.05, 3.63) is 162 Å². The molecule has 6 aromatic carbocycles. The molecule has 0 aliphatic rings. The summed E-state index contributed by atoms with van der Waals surface area (Å²) < 4.78 is 3.47. The lowest BCUT2D eigenvalue weighted by Gasteiger charge is -2.28. The van der Waals surface area contributed by atoms with E-state index in [-0.39, 0.29) is 0 Å². The van der Waals surface area contributed by atoms with E-state index in [0.29, 0.717) is 0 Å². The van der Waals surface area contributed by atoms with Crippen molar-refractivity contribution in [2.75, 3.05) is 4.90 Å². The van der Waals surface area contributed by atoms with Crippen LogP contribution in [0.25, 0.3) is 49.4 Å². The quantitative estimate of drug-likeness (QED) is 0.192. The van der Waals surface area contributed by atoms with E-state index in [1.807, 2.05) is 12.4 Å². The molecule has 8 aromatic rings. The fourth-order valence-electron chi connectivity index (χ4n) is 6.11. The molecule has 8 rings (SSSR count). The first-order valence-corrected chi connectivity index (χ1v) is 15.1. The molecule has 2 heterocycles. The van der Waals surface area contributed by atoms with Crippen molar-refractivity contribution in [3.63, 3.8) is 0 Å². The number of fused-ring (bicyclic) bond motifs is 4. The van der Waals surface area contributed by atoms with Gasteiger partial charge in [-0.3, -0.25) is 4.98 Å². The van der Waals surface area contributed by atoms with E-state index in [9.17, 15) is 0 Å². The number of para-hydroxylation sites is 4. The molecule has 43 heavy (non-hydrogen) atoms. The SMILES string of the molecule is Brc1ccc(-c2ccc(N(c3ccc4cnccc4c3)c3ccccc3-n3c4ccccc4c4ccccc43)cc2)cc1. The molecule has 0 amide bonds. The summed E-state index contributed by atoms with van der Waals surface area (Å²) in [4.78, 5) is 6.70. The molecule has 3 nitrogen and oxygen atoms in total. The molecule has 0 aliphatic heterocycles. The minimum absolute atomic E-state index is 1.08. The molecule has 0 N–H and O–H groups in total. The molecule has 0 bridgehead atoms. The zero-order chi connectivity index (χ0) is 28.8. The van der Waals surface area contributed by atoms with Gasteiger partial charge in [0.05, 0.1) is 22.4 Å². The Morgan fingerprint density at radius 1 is 0.535 bits per heavy atom. The average Bonchev–Trinajstić information content (AvgIpc) is 3.40.